The van der Waals surface area contributed by atoms with Gasteiger partial charge in [-0.3, -0.25) is 5.10 Å². The third-order valence-electron chi connectivity index (χ3n) is 5.46. The molecule has 24 heavy (non-hydrogen) atoms. The lowest BCUT2D eigenvalue weighted by Gasteiger charge is -2.20. The molecule has 0 radical (unpaired) electrons. The lowest BCUT2D eigenvalue weighted by atomic mass is 9.91. The molecule has 0 unspecified atom stereocenters. The summed E-state index contributed by atoms with van der Waals surface area (Å²) >= 11 is 0. The van der Waals surface area contributed by atoms with Crippen LogP contribution in [0.5, 0.6) is 0 Å². The van der Waals surface area contributed by atoms with E-state index >= 15 is 0 Å². The molecule has 2 atom stereocenters. The molecule has 0 bridgehead atoms. The third-order valence-corrected chi connectivity index (χ3v) is 5.46. The molecule has 3 heterocycles. The third kappa shape index (κ3) is 3.25. The number of H-pyrrole nitrogens is 1. The van der Waals surface area contributed by atoms with Crippen LogP contribution in [0.2, 0.25) is 0 Å². The van der Waals surface area contributed by atoms with Crippen molar-refractivity contribution in [2.45, 2.75) is 25.4 Å². The fraction of sp³-hybridized carbons (Fsp3) is 0.812. The Morgan fingerprint density at radius 3 is 2.88 bits per heavy atom. The smallest absolute Gasteiger partial charge is 0.317 e. The van der Waals surface area contributed by atoms with Crippen molar-refractivity contribution >= 4 is 6.03 Å². The van der Waals surface area contributed by atoms with Crippen molar-refractivity contribution in [3.05, 3.63) is 11.6 Å². The maximum Gasteiger partial charge on any atom is 0.317 e. The Hall–Kier alpha value is -1.67. The summed E-state index contributed by atoms with van der Waals surface area (Å²) in [4.78, 5) is 20.7. The highest BCUT2D eigenvalue weighted by molar-refractivity contribution is 5.76. The van der Waals surface area contributed by atoms with Crippen molar-refractivity contribution in [1.29, 1.82) is 0 Å². The van der Waals surface area contributed by atoms with Crippen LogP contribution in [-0.2, 0) is 11.3 Å². The van der Waals surface area contributed by atoms with Gasteiger partial charge < -0.3 is 19.9 Å². The zero-order valence-corrected chi connectivity index (χ0v) is 14.2. The van der Waals surface area contributed by atoms with E-state index in [1.54, 1.807) is 7.11 Å². The predicted octanol–water partition coefficient (Wildman–Crippen LogP) is 0.402. The van der Waals surface area contributed by atoms with Gasteiger partial charge in [0.15, 0.2) is 11.6 Å². The molecule has 4 rings (SSSR count). The highest BCUT2D eigenvalue weighted by Crippen LogP contribution is 2.46. The van der Waals surface area contributed by atoms with Gasteiger partial charge in [-0.1, -0.05) is 0 Å². The molecule has 1 aromatic rings. The Labute approximate surface area is 141 Å². The van der Waals surface area contributed by atoms with Crippen LogP contribution in [0.25, 0.3) is 0 Å². The number of rotatable bonds is 7. The van der Waals surface area contributed by atoms with Crippen LogP contribution in [0.3, 0.4) is 0 Å². The van der Waals surface area contributed by atoms with Gasteiger partial charge in [0.2, 0.25) is 0 Å². The van der Waals surface area contributed by atoms with E-state index < -0.39 is 0 Å². The summed E-state index contributed by atoms with van der Waals surface area (Å²) in [5, 5.41) is 10.3. The molecular formula is C16H26N6O2. The molecular weight excluding hydrogens is 308 g/mol. The van der Waals surface area contributed by atoms with E-state index in [4.69, 9.17) is 4.74 Å². The van der Waals surface area contributed by atoms with E-state index in [9.17, 15) is 4.79 Å². The molecule has 0 spiro atoms. The summed E-state index contributed by atoms with van der Waals surface area (Å²) in [6.45, 7) is 5.89. The number of hydrogen-bond acceptors (Lipinski definition) is 5. The molecule has 132 valence electrons. The quantitative estimate of drug-likeness (QED) is 0.754. The zero-order valence-electron chi connectivity index (χ0n) is 14.2. The van der Waals surface area contributed by atoms with E-state index in [0.717, 1.165) is 56.8 Å². The summed E-state index contributed by atoms with van der Waals surface area (Å²) < 4.78 is 5.13. The first-order chi connectivity index (χ1) is 11.7. The number of ether oxygens (including phenoxy) is 1. The van der Waals surface area contributed by atoms with Gasteiger partial charge in [-0.15, -0.1) is 0 Å². The van der Waals surface area contributed by atoms with Gasteiger partial charge in [-0.2, -0.15) is 5.10 Å². The summed E-state index contributed by atoms with van der Waals surface area (Å²) in [5.41, 5.74) is 0. The minimum absolute atomic E-state index is 0.0719. The SMILES string of the molecule is COCc1nc([C@H]2CN(CCN3CCNC3=O)C[C@@H]2C2CC2)n[nH]1. The number of hydrogen-bond donors (Lipinski definition) is 2. The Bertz CT molecular complexity index is 587. The molecule has 8 nitrogen and oxygen atoms in total. The van der Waals surface area contributed by atoms with Crippen molar-refractivity contribution in [1.82, 2.24) is 30.3 Å². The molecule has 2 aliphatic heterocycles. The van der Waals surface area contributed by atoms with Gasteiger partial charge in [0.05, 0.1) is 0 Å². The Balaban J connectivity index is 1.38. The van der Waals surface area contributed by atoms with E-state index in [1.807, 2.05) is 4.90 Å². The number of carbonyl (C=O) groups is 1. The molecule has 1 aliphatic carbocycles. The number of carbonyl (C=O) groups excluding carboxylic acids is 1. The average molecular weight is 334 g/mol. The molecule has 1 saturated carbocycles. The summed E-state index contributed by atoms with van der Waals surface area (Å²) in [5.74, 6) is 3.59. The van der Waals surface area contributed by atoms with Gasteiger partial charge in [0.1, 0.15) is 6.61 Å². The molecule has 2 amide bonds. The van der Waals surface area contributed by atoms with Gasteiger partial charge >= 0.3 is 6.03 Å². The number of urea groups is 1. The lowest BCUT2D eigenvalue weighted by molar-refractivity contribution is 0.178. The van der Waals surface area contributed by atoms with E-state index in [2.05, 4.69) is 25.4 Å². The molecule has 1 aromatic heterocycles. The predicted molar refractivity (Wildman–Crippen MR) is 87.5 cm³/mol. The Morgan fingerprint density at radius 2 is 2.17 bits per heavy atom. The first kappa shape index (κ1) is 15.8. The second-order valence-electron chi connectivity index (χ2n) is 7.16. The average Bonchev–Trinajstić information content (AvgIpc) is 2.97. The fourth-order valence-corrected chi connectivity index (χ4v) is 4.03. The number of methoxy groups -OCH3 is 1. The van der Waals surface area contributed by atoms with Crippen LogP contribution in [-0.4, -0.2) is 77.4 Å². The van der Waals surface area contributed by atoms with Gasteiger partial charge in [0, 0.05) is 52.3 Å². The Kier molecular flexibility index (Phi) is 4.41. The number of nitrogens with zero attached hydrogens (tertiary/aromatic N) is 4. The second kappa shape index (κ2) is 6.68. The van der Waals surface area contributed by atoms with Crippen LogP contribution in [0.1, 0.15) is 30.4 Å². The number of aromatic amines is 1. The fourth-order valence-electron chi connectivity index (χ4n) is 4.03. The van der Waals surface area contributed by atoms with Crippen LogP contribution < -0.4 is 5.32 Å². The monoisotopic (exact) mass is 334 g/mol. The van der Waals surface area contributed by atoms with Crippen LogP contribution >= 0.6 is 0 Å². The van der Waals surface area contributed by atoms with Crippen molar-refractivity contribution in [3.63, 3.8) is 0 Å². The summed E-state index contributed by atoms with van der Waals surface area (Å²) in [7, 11) is 1.67. The normalized spacial score (nSPS) is 27.9. The molecule has 3 fully saturated rings. The van der Waals surface area contributed by atoms with Crippen molar-refractivity contribution in [3.8, 4) is 0 Å². The topological polar surface area (TPSA) is 86.4 Å². The zero-order chi connectivity index (χ0) is 16.5. The van der Waals surface area contributed by atoms with Crippen molar-refractivity contribution in [2.75, 3.05) is 46.4 Å². The van der Waals surface area contributed by atoms with Crippen molar-refractivity contribution in [2.24, 2.45) is 11.8 Å². The molecule has 8 heteroatoms. The first-order valence-corrected chi connectivity index (χ1v) is 8.90. The minimum Gasteiger partial charge on any atom is -0.377 e. The van der Waals surface area contributed by atoms with Gasteiger partial charge in [-0.25, -0.2) is 9.78 Å². The van der Waals surface area contributed by atoms with Crippen molar-refractivity contribution < 1.29 is 9.53 Å². The van der Waals surface area contributed by atoms with Crippen LogP contribution in [0, 0.1) is 11.8 Å². The molecule has 2 N–H and O–H groups in total. The minimum atomic E-state index is 0.0719. The number of aromatic nitrogens is 3. The van der Waals surface area contributed by atoms with Crippen LogP contribution in [0.4, 0.5) is 4.79 Å². The number of likely N-dealkylation sites (tertiary alicyclic amines) is 1. The first-order valence-electron chi connectivity index (χ1n) is 8.90. The molecule has 3 aliphatic rings. The summed E-state index contributed by atoms with van der Waals surface area (Å²) in [6.07, 6.45) is 2.66. The standard InChI is InChI=1S/C16H26N6O2/c1-24-10-14-18-15(20-19-14)13-9-21(8-12(13)11-2-3-11)6-7-22-5-4-17-16(22)23/h11-13H,2-10H2,1H3,(H,17,23)(H,18,19,20)/t12-,13+/m1/s1. The molecule has 0 aromatic carbocycles. The van der Waals surface area contributed by atoms with E-state index in [0.29, 0.717) is 18.4 Å². The maximum absolute atomic E-state index is 11.7. The maximum atomic E-state index is 11.7. The number of nitrogens with one attached hydrogen (secondary N) is 2. The van der Waals surface area contributed by atoms with Crippen LogP contribution in [0.15, 0.2) is 0 Å². The molecule has 2 saturated heterocycles. The van der Waals surface area contributed by atoms with E-state index in [1.165, 1.54) is 12.8 Å². The van der Waals surface area contributed by atoms with Gasteiger partial charge in [-0.05, 0) is 24.7 Å². The lowest BCUT2D eigenvalue weighted by Crippen LogP contribution is -2.36. The highest BCUT2D eigenvalue weighted by atomic mass is 16.5. The Morgan fingerprint density at radius 1 is 1.29 bits per heavy atom. The van der Waals surface area contributed by atoms with Gasteiger partial charge in [0.25, 0.3) is 0 Å². The van der Waals surface area contributed by atoms with E-state index in [-0.39, 0.29) is 6.03 Å². The summed E-state index contributed by atoms with van der Waals surface area (Å²) in [6, 6.07) is 0.0719. The second-order valence-corrected chi connectivity index (χ2v) is 7.16. The number of amides is 2. The highest BCUT2D eigenvalue weighted by Gasteiger charge is 2.44. The largest absolute Gasteiger partial charge is 0.377 e.